The van der Waals surface area contributed by atoms with E-state index in [1.165, 1.54) is 11.8 Å². The van der Waals surface area contributed by atoms with Gasteiger partial charge in [-0.2, -0.15) is 0 Å². The first-order chi connectivity index (χ1) is 11.1. The van der Waals surface area contributed by atoms with Crippen LogP contribution in [0.1, 0.15) is 11.3 Å². The van der Waals surface area contributed by atoms with Crippen molar-refractivity contribution in [1.29, 1.82) is 0 Å². The number of hydrogen-bond donors (Lipinski definition) is 0. The zero-order valence-corrected chi connectivity index (χ0v) is 15.5. The number of benzene rings is 1. The molecule has 2 aromatic rings. The number of thiocarbonyl (C=S) groups is 1. The molecule has 0 saturated carbocycles. The normalized spacial score (nSPS) is 17.8. The van der Waals surface area contributed by atoms with Gasteiger partial charge in [0.25, 0.3) is 0 Å². The first-order valence-electron chi connectivity index (χ1n) is 6.95. The molecule has 0 N–H and O–H groups in total. The average Bonchev–Trinajstić information content (AvgIpc) is 3.12. The van der Waals surface area contributed by atoms with Crippen molar-refractivity contribution in [3.05, 3.63) is 52.4 Å². The number of ether oxygens (including phenoxy) is 1. The summed E-state index contributed by atoms with van der Waals surface area (Å²) in [5, 5.41) is -0.197. The van der Waals surface area contributed by atoms with Gasteiger partial charge in [-0.1, -0.05) is 30.0 Å². The van der Waals surface area contributed by atoms with Gasteiger partial charge in [-0.25, -0.2) is 0 Å². The molecule has 4 nitrogen and oxygen atoms in total. The smallest absolute Gasteiger partial charge is 0.242 e. The summed E-state index contributed by atoms with van der Waals surface area (Å²) in [5.41, 5.74) is 1.06. The summed E-state index contributed by atoms with van der Waals surface area (Å²) in [6, 6.07) is 9.48. The maximum Gasteiger partial charge on any atom is 0.242 e. The summed E-state index contributed by atoms with van der Waals surface area (Å²) in [5.74, 6) is 1.53. The molecule has 0 aliphatic carbocycles. The maximum absolute atomic E-state index is 12.6. The monoisotopic (exact) mass is 411 g/mol. The molecule has 1 aliphatic rings. The molecule has 1 amide bonds. The Labute approximate surface area is 152 Å². The lowest BCUT2D eigenvalue weighted by Crippen LogP contribution is -2.31. The van der Waals surface area contributed by atoms with Crippen LogP contribution in [0, 0.1) is 0 Å². The Morgan fingerprint density at radius 2 is 2.26 bits per heavy atom. The van der Waals surface area contributed by atoms with Gasteiger partial charge in [-0.15, -0.1) is 0 Å². The average molecular weight is 412 g/mol. The van der Waals surface area contributed by atoms with E-state index in [-0.39, 0.29) is 11.2 Å². The van der Waals surface area contributed by atoms with E-state index in [1.54, 1.807) is 24.3 Å². The van der Waals surface area contributed by atoms with Gasteiger partial charge in [0.2, 0.25) is 5.91 Å². The van der Waals surface area contributed by atoms with Crippen molar-refractivity contribution in [1.82, 2.24) is 4.90 Å². The summed E-state index contributed by atoms with van der Waals surface area (Å²) >= 11 is 10.3. The van der Waals surface area contributed by atoms with Gasteiger partial charge in [0.05, 0.1) is 29.6 Å². The fraction of sp³-hybridized carbons (Fsp3) is 0.250. The Kier molecular flexibility index (Phi) is 5.08. The van der Waals surface area contributed by atoms with Crippen LogP contribution in [0.4, 0.5) is 0 Å². The minimum Gasteiger partial charge on any atom is -0.496 e. The molecule has 0 radical (unpaired) electrons. The molecule has 1 aromatic carbocycles. The number of rotatable bonds is 5. The molecule has 3 rings (SSSR count). The van der Waals surface area contributed by atoms with Gasteiger partial charge in [0.1, 0.15) is 15.8 Å². The second kappa shape index (κ2) is 7.07. The number of methoxy groups -OCH3 is 1. The molecule has 2 heterocycles. The Morgan fingerprint density at radius 1 is 1.43 bits per heavy atom. The largest absolute Gasteiger partial charge is 0.496 e. The molecule has 0 spiro atoms. The minimum atomic E-state index is -0.197. The molecule has 0 unspecified atom stereocenters. The van der Waals surface area contributed by atoms with Gasteiger partial charge < -0.3 is 9.15 Å². The summed E-state index contributed by atoms with van der Waals surface area (Å²) in [6.07, 6.45) is 2.22. The standard InChI is InChI=1S/C16H14BrNO3S2/c1-20-13-5-4-10(7-12(13)17)8-14-15(19)18(16(22)23-14)9-11-3-2-6-21-11/h2-7,14H,8-9H2,1H3/t14-/m1/s1. The highest BCUT2D eigenvalue weighted by Gasteiger charge is 2.37. The molecule has 1 atom stereocenters. The highest BCUT2D eigenvalue weighted by atomic mass is 79.9. The second-order valence-electron chi connectivity index (χ2n) is 5.05. The predicted octanol–water partition coefficient (Wildman–Crippen LogP) is 4.02. The molecule has 0 bridgehead atoms. The first kappa shape index (κ1) is 16.5. The Morgan fingerprint density at radius 3 is 2.91 bits per heavy atom. The van der Waals surface area contributed by atoms with Crippen molar-refractivity contribution < 1.29 is 13.9 Å². The third-order valence-electron chi connectivity index (χ3n) is 3.54. The van der Waals surface area contributed by atoms with Crippen LogP contribution in [0.3, 0.4) is 0 Å². The number of nitrogens with zero attached hydrogens (tertiary/aromatic N) is 1. The van der Waals surface area contributed by atoms with Crippen LogP contribution < -0.4 is 4.74 Å². The number of thioether (sulfide) groups is 1. The van der Waals surface area contributed by atoms with Crippen molar-refractivity contribution in [2.24, 2.45) is 0 Å². The zero-order valence-electron chi connectivity index (χ0n) is 12.3. The third kappa shape index (κ3) is 3.62. The van der Waals surface area contributed by atoms with E-state index in [0.29, 0.717) is 17.3 Å². The quantitative estimate of drug-likeness (QED) is 0.694. The van der Waals surface area contributed by atoms with Crippen molar-refractivity contribution in [2.75, 3.05) is 7.11 Å². The van der Waals surface area contributed by atoms with Crippen LogP contribution in [-0.4, -0.2) is 27.5 Å². The molecular formula is C16H14BrNO3S2. The SMILES string of the molecule is COc1ccc(C[C@H]2SC(=S)N(Cc3ccco3)C2=O)cc1Br. The van der Waals surface area contributed by atoms with Crippen LogP contribution in [0.2, 0.25) is 0 Å². The van der Waals surface area contributed by atoms with Crippen LogP contribution in [0.5, 0.6) is 5.75 Å². The molecule has 23 heavy (non-hydrogen) atoms. The van der Waals surface area contributed by atoms with Gasteiger partial charge in [-0.05, 0) is 52.2 Å². The summed E-state index contributed by atoms with van der Waals surface area (Å²) in [7, 11) is 1.63. The van der Waals surface area contributed by atoms with E-state index < -0.39 is 0 Å². The minimum absolute atomic E-state index is 0.0309. The summed E-state index contributed by atoms with van der Waals surface area (Å²) in [6.45, 7) is 0.389. The van der Waals surface area contributed by atoms with Crippen molar-refractivity contribution in [2.45, 2.75) is 18.2 Å². The second-order valence-corrected chi connectivity index (χ2v) is 7.74. The lowest BCUT2D eigenvalue weighted by atomic mass is 10.1. The molecule has 120 valence electrons. The molecule has 1 fully saturated rings. The van der Waals surface area contributed by atoms with Crippen LogP contribution >= 0.6 is 39.9 Å². The fourth-order valence-corrected chi connectivity index (χ4v) is 4.50. The van der Waals surface area contributed by atoms with Gasteiger partial charge in [0, 0.05) is 0 Å². The van der Waals surface area contributed by atoms with Gasteiger partial charge in [-0.3, -0.25) is 9.69 Å². The van der Waals surface area contributed by atoms with E-state index >= 15 is 0 Å². The van der Waals surface area contributed by atoms with Crippen LogP contribution in [-0.2, 0) is 17.8 Å². The van der Waals surface area contributed by atoms with Crippen molar-refractivity contribution in [3.63, 3.8) is 0 Å². The molecule has 1 aromatic heterocycles. The maximum atomic E-state index is 12.6. The molecule has 1 saturated heterocycles. The number of halogens is 1. The topological polar surface area (TPSA) is 42.7 Å². The molecule has 1 aliphatic heterocycles. The van der Waals surface area contributed by atoms with Gasteiger partial charge in [0.15, 0.2) is 0 Å². The highest BCUT2D eigenvalue weighted by Crippen LogP contribution is 2.33. The Hall–Kier alpha value is -1.31. The van der Waals surface area contributed by atoms with E-state index in [0.717, 1.165) is 21.5 Å². The zero-order chi connectivity index (χ0) is 16.4. The Balaban J connectivity index is 1.71. The number of amides is 1. The predicted molar refractivity (Wildman–Crippen MR) is 97.6 cm³/mol. The number of carbonyl (C=O) groups excluding carboxylic acids is 1. The molecular weight excluding hydrogens is 398 g/mol. The van der Waals surface area contributed by atoms with Crippen molar-refractivity contribution >= 4 is 50.1 Å². The Bertz CT molecular complexity index is 733. The van der Waals surface area contributed by atoms with E-state index in [2.05, 4.69) is 15.9 Å². The first-order valence-corrected chi connectivity index (χ1v) is 9.03. The third-order valence-corrected chi connectivity index (χ3v) is 5.74. The molecule has 7 heteroatoms. The van der Waals surface area contributed by atoms with E-state index in [1.807, 2.05) is 24.3 Å². The lowest BCUT2D eigenvalue weighted by Gasteiger charge is -2.14. The number of hydrogen-bond acceptors (Lipinski definition) is 5. The summed E-state index contributed by atoms with van der Waals surface area (Å²) < 4.78 is 12.0. The van der Waals surface area contributed by atoms with E-state index in [9.17, 15) is 4.79 Å². The van der Waals surface area contributed by atoms with Gasteiger partial charge >= 0.3 is 0 Å². The van der Waals surface area contributed by atoms with Crippen LogP contribution in [0.15, 0.2) is 45.5 Å². The van der Waals surface area contributed by atoms with E-state index in [4.69, 9.17) is 21.4 Å². The van der Waals surface area contributed by atoms with Crippen LogP contribution in [0.25, 0.3) is 0 Å². The van der Waals surface area contributed by atoms with Crippen molar-refractivity contribution in [3.8, 4) is 5.75 Å². The fourth-order valence-electron chi connectivity index (χ4n) is 2.38. The highest BCUT2D eigenvalue weighted by molar-refractivity contribution is 9.10. The summed E-state index contributed by atoms with van der Waals surface area (Å²) in [4.78, 5) is 14.2. The number of carbonyl (C=O) groups is 1. The lowest BCUT2D eigenvalue weighted by molar-refractivity contribution is -0.126. The number of furan rings is 1.